The summed E-state index contributed by atoms with van der Waals surface area (Å²) in [7, 11) is 1.44. The van der Waals surface area contributed by atoms with Crippen molar-refractivity contribution in [3.8, 4) is 0 Å². The molecule has 0 aromatic carbocycles. The first-order chi connectivity index (χ1) is 6.59. The van der Waals surface area contributed by atoms with Crippen LogP contribution >= 0.6 is 0 Å². The molecule has 14 heavy (non-hydrogen) atoms. The summed E-state index contributed by atoms with van der Waals surface area (Å²) in [6.07, 6.45) is 2.14. The minimum atomic E-state index is -0.891. The first-order valence-electron chi connectivity index (χ1n) is 3.84. The molecule has 0 spiro atoms. The molecule has 0 aliphatic carbocycles. The number of aryl methyl sites for hydroxylation is 1. The molecular formula is C8H6FN3O2. The Kier molecular flexibility index (Phi) is 1.70. The van der Waals surface area contributed by atoms with Gasteiger partial charge in [-0.15, -0.1) is 0 Å². The van der Waals surface area contributed by atoms with Gasteiger partial charge in [0.1, 0.15) is 5.65 Å². The van der Waals surface area contributed by atoms with Crippen molar-refractivity contribution in [2.24, 2.45) is 7.05 Å². The zero-order valence-corrected chi connectivity index (χ0v) is 7.24. The van der Waals surface area contributed by atoms with Crippen molar-refractivity contribution in [1.29, 1.82) is 0 Å². The maximum absolute atomic E-state index is 12.8. The Labute approximate surface area is 76.8 Å². The predicted molar refractivity (Wildman–Crippen MR) is 47.6 cm³/mol. The highest BCUT2D eigenvalue weighted by atomic mass is 19.1. The van der Waals surface area contributed by atoms with E-state index in [4.69, 9.17) is 0 Å². The van der Waals surface area contributed by atoms with Crippen LogP contribution in [0, 0.1) is 5.82 Å². The Hall–Kier alpha value is -1.98. The van der Waals surface area contributed by atoms with Crippen molar-refractivity contribution in [2.45, 2.75) is 0 Å². The van der Waals surface area contributed by atoms with Crippen molar-refractivity contribution < 1.29 is 4.39 Å². The fourth-order valence-electron chi connectivity index (χ4n) is 1.15. The van der Waals surface area contributed by atoms with E-state index in [1.54, 1.807) is 0 Å². The molecule has 2 aromatic rings. The monoisotopic (exact) mass is 195 g/mol. The molecule has 2 aromatic heterocycles. The lowest BCUT2D eigenvalue weighted by molar-refractivity contribution is 0.613. The van der Waals surface area contributed by atoms with Gasteiger partial charge in [-0.05, 0) is 0 Å². The molecule has 0 radical (unpaired) electrons. The highest BCUT2D eigenvalue weighted by Crippen LogP contribution is 2.00. The zero-order chi connectivity index (χ0) is 10.3. The molecular weight excluding hydrogens is 189 g/mol. The number of rotatable bonds is 0. The zero-order valence-electron chi connectivity index (χ0n) is 7.24. The van der Waals surface area contributed by atoms with Crippen LogP contribution in [0.25, 0.3) is 11.0 Å². The fraction of sp³-hybridized carbons (Fsp3) is 0.125. The smallest absolute Gasteiger partial charge is 0.343 e. The standard InChI is InChI=1S/C8H6FN3O2/c1-12-3-4-6(13)5(9)2-10-7(4)11-8(12)14/h2-3H,1H3,(H,10,11,14). The molecule has 0 aliphatic rings. The Bertz CT molecular complexity index is 614. The van der Waals surface area contributed by atoms with Gasteiger partial charge in [0.15, 0.2) is 5.82 Å². The maximum Gasteiger partial charge on any atom is 0.349 e. The molecule has 72 valence electrons. The third-order valence-corrected chi connectivity index (χ3v) is 1.88. The molecule has 2 rings (SSSR count). The summed E-state index contributed by atoms with van der Waals surface area (Å²) in [5.74, 6) is -0.891. The topological polar surface area (TPSA) is 67.8 Å². The van der Waals surface area contributed by atoms with Gasteiger partial charge in [-0.3, -0.25) is 4.79 Å². The van der Waals surface area contributed by atoms with Gasteiger partial charge >= 0.3 is 5.69 Å². The van der Waals surface area contributed by atoms with Crippen LogP contribution in [-0.4, -0.2) is 14.5 Å². The van der Waals surface area contributed by atoms with Crippen LogP contribution in [0.2, 0.25) is 0 Å². The second kappa shape index (κ2) is 2.76. The molecule has 0 aliphatic heterocycles. The van der Waals surface area contributed by atoms with E-state index in [2.05, 4.69) is 9.97 Å². The summed E-state index contributed by atoms with van der Waals surface area (Å²) in [5.41, 5.74) is -1.17. The second-order valence-electron chi connectivity index (χ2n) is 2.86. The summed E-state index contributed by atoms with van der Waals surface area (Å²) >= 11 is 0. The minimum Gasteiger partial charge on any atom is -0.343 e. The first kappa shape index (κ1) is 8.61. The van der Waals surface area contributed by atoms with Crippen LogP contribution in [0.15, 0.2) is 22.0 Å². The molecule has 0 saturated carbocycles. The largest absolute Gasteiger partial charge is 0.349 e. The summed E-state index contributed by atoms with van der Waals surface area (Å²) in [6, 6.07) is 0. The molecule has 2 heterocycles. The molecule has 0 fully saturated rings. The second-order valence-corrected chi connectivity index (χ2v) is 2.86. The number of H-pyrrole nitrogens is 1. The van der Waals surface area contributed by atoms with E-state index in [-0.39, 0.29) is 11.0 Å². The van der Waals surface area contributed by atoms with Gasteiger partial charge in [-0.1, -0.05) is 0 Å². The van der Waals surface area contributed by atoms with Gasteiger partial charge in [0, 0.05) is 19.4 Å². The number of nitrogens with zero attached hydrogens (tertiary/aromatic N) is 2. The van der Waals surface area contributed by atoms with E-state index < -0.39 is 16.9 Å². The molecule has 0 saturated heterocycles. The lowest BCUT2D eigenvalue weighted by Gasteiger charge is -1.98. The van der Waals surface area contributed by atoms with E-state index in [0.717, 1.165) is 10.8 Å². The molecule has 0 amide bonds. The van der Waals surface area contributed by atoms with Crippen molar-refractivity contribution in [2.75, 3.05) is 0 Å². The van der Waals surface area contributed by atoms with Gasteiger partial charge in [0.05, 0.1) is 5.39 Å². The van der Waals surface area contributed by atoms with Crippen molar-refractivity contribution >= 4 is 11.0 Å². The summed E-state index contributed by atoms with van der Waals surface area (Å²) in [5, 5.41) is 0.0621. The number of aromatic amines is 1. The first-order valence-corrected chi connectivity index (χ1v) is 3.84. The average Bonchev–Trinajstić information content (AvgIpc) is 2.15. The summed E-state index contributed by atoms with van der Waals surface area (Å²) in [4.78, 5) is 28.3. The minimum absolute atomic E-state index is 0.0621. The van der Waals surface area contributed by atoms with Crippen molar-refractivity contribution in [3.63, 3.8) is 0 Å². The van der Waals surface area contributed by atoms with Crippen molar-refractivity contribution in [1.82, 2.24) is 14.5 Å². The van der Waals surface area contributed by atoms with Crippen LogP contribution in [0.5, 0.6) is 0 Å². The number of hydrogen-bond acceptors (Lipinski definition) is 3. The number of nitrogens with one attached hydrogen (secondary N) is 1. The lowest BCUT2D eigenvalue weighted by atomic mass is 10.3. The molecule has 0 atom stereocenters. The molecule has 5 nitrogen and oxygen atoms in total. The van der Waals surface area contributed by atoms with E-state index in [1.165, 1.54) is 13.2 Å². The Morgan fingerprint density at radius 3 is 2.93 bits per heavy atom. The van der Waals surface area contributed by atoms with Crippen LogP contribution in [0.4, 0.5) is 4.39 Å². The third-order valence-electron chi connectivity index (χ3n) is 1.88. The molecule has 1 N–H and O–H groups in total. The van der Waals surface area contributed by atoms with Crippen molar-refractivity contribution in [3.05, 3.63) is 38.9 Å². The molecule has 0 unspecified atom stereocenters. The highest BCUT2D eigenvalue weighted by molar-refractivity contribution is 5.72. The van der Waals surface area contributed by atoms with Gasteiger partial charge in [0.2, 0.25) is 5.43 Å². The normalized spacial score (nSPS) is 10.7. The Morgan fingerprint density at radius 2 is 2.21 bits per heavy atom. The van der Waals surface area contributed by atoms with Gasteiger partial charge in [-0.25, -0.2) is 9.18 Å². The van der Waals surface area contributed by atoms with E-state index in [1.807, 2.05) is 0 Å². The Balaban J connectivity index is 3.05. The lowest BCUT2D eigenvalue weighted by Crippen LogP contribution is -2.22. The number of hydrogen-bond donors (Lipinski definition) is 1. The number of aromatic nitrogens is 3. The predicted octanol–water partition coefficient (Wildman–Crippen LogP) is -0.239. The van der Waals surface area contributed by atoms with Gasteiger partial charge in [-0.2, -0.15) is 4.98 Å². The van der Waals surface area contributed by atoms with E-state index in [0.29, 0.717) is 0 Å². The summed E-state index contributed by atoms with van der Waals surface area (Å²) < 4.78 is 13.9. The van der Waals surface area contributed by atoms with Crippen LogP contribution in [0.1, 0.15) is 0 Å². The maximum atomic E-state index is 12.8. The van der Waals surface area contributed by atoms with Gasteiger partial charge in [0.25, 0.3) is 0 Å². The van der Waals surface area contributed by atoms with E-state index in [9.17, 15) is 14.0 Å². The summed E-state index contributed by atoms with van der Waals surface area (Å²) in [6.45, 7) is 0. The Morgan fingerprint density at radius 1 is 1.50 bits per heavy atom. The average molecular weight is 195 g/mol. The number of fused-ring (bicyclic) bond motifs is 1. The fourth-order valence-corrected chi connectivity index (χ4v) is 1.15. The van der Waals surface area contributed by atoms with Crippen LogP contribution < -0.4 is 11.1 Å². The third kappa shape index (κ3) is 1.12. The SMILES string of the molecule is Cn1cc2c(=O)c(F)c[nH]c2nc1=O. The molecule has 6 heteroatoms. The quantitative estimate of drug-likeness (QED) is 0.630. The number of halogens is 1. The van der Waals surface area contributed by atoms with Gasteiger partial charge < -0.3 is 9.55 Å². The van der Waals surface area contributed by atoms with Crippen LogP contribution in [-0.2, 0) is 7.05 Å². The van der Waals surface area contributed by atoms with E-state index >= 15 is 0 Å². The molecule has 0 bridgehead atoms. The highest BCUT2D eigenvalue weighted by Gasteiger charge is 2.06. The number of pyridine rings is 1. The van der Waals surface area contributed by atoms with Crippen LogP contribution in [0.3, 0.4) is 0 Å².